The second-order valence-corrected chi connectivity index (χ2v) is 13.7. The Morgan fingerprint density at radius 1 is 0.519 bits per heavy atom. The molecular formula is C52H42N2. The summed E-state index contributed by atoms with van der Waals surface area (Å²) in [6.45, 7) is 6.44. The fourth-order valence-electron chi connectivity index (χ4n) is 7.11. The minimum absolute atomic E-state index is 0.694. The molecule has 1 heterocycles. The van der Waals surface area contributed by atoms with Crippen LogP contribution >= 0.6 is 0 Å². The van der Waals surface area contributed by atoms with Crippen LogP contribution in [0.1, 0.15) is 32.8 Å². The zero-order valence-electron chi connectivity index (χ0n) is 31.0. The van der Waals surface area contributed by atoms with Gasteiger partial charge in [0.15, 0.2) is 5.82 Å². The maximum absolute atomic E-state index is 5.25. The van der Waals surface area contributed by atoms with Crippen LogP contribution in [-0.4, -0.2) is 9.97 Å². The predicted octanol–water partition coefficient (Wildman–Crippen LogP) is 14.4. The number of hydrogen-bond acceptors (Lipinski definition) is 2. The van der Waals surface area contributed by atoms with E-state index in [0.29, 0.717) is 5.82 Å². The van der Waals surface area contributed by atoms with Crippen LogP contribution in [0.25, 0.3) is 83.3 Å². The van der Waals surface area contributed by atoms with Crippen molar-refractivity contribution in [3.63, 3.8) is 0 Å². The molecule has 0 saturated carbocycles. The summed E-state index contributed by atoms with van der Waals surface area (Å²) >= 11 is 0. The van der Waals surface area contributed by atoms with Gasteiger partial charge in [-0.15, -0.1) is 0 Å². The van der Waals surface area contributed by atoms with Crippen molar-refractivity contribution >= 4 is 27.1 Å². The van der Waals surface area contributed by atoms with Gasteiger partial charge in [-0.2, -0.15) is 0 Å². The lowest BCUT2D eigenvalue weighted by molar-refractivity contribution is 1.10. The lowest BCUT2D eigenvalue weighted by Crippen LogP contribution is -1.97. The third-order valence-corrected chi connectivity index (χ3v) is 10.1. The van der Waals surface area contributed by atoms with E-state index in [1.807, 2.05) is 6.92 Å². The van der Waals surface area contributed by atoms with Crippen LogP contribution in [0.2, 0.25) is 0 Å². The summed E-state index contributed by atoms with van der Waals surface area (Å²) in [6, 6.07) is 58.4. The van der Waals surface area contributed by atoms with Crippen molar-refractivity contribution in [1.82, 2.24) is 9.97 Å². The molecule has 2 nitrogen and oxygen atoms in total. The van der Waals surface area contributed by atoms with Crippen LogP contribution in [-0.2, 0) is 0 Å². The Bertz CT molecular complexity index is 2700. The molecule has 0 saturated heterocycles. The average molecular weight is 695 g/mol. The molecule has 0 aliphatic rings. The van der Waals surface area contributed by atoms with E-state index in [-0.39, 0.29) is 0 Å². The lowest BCUT2D eigenvalue weighted by Gasteiger charge is -2.13. The Hall–Kier alpha value is -6.64. The van der Waals surface area contributed by atoms with E-state index in [9.17, 15) is 0 Å². The molecule has 0 aliphatic heterocycles. The molecule has 0 aliphatic carbocycles. The van der Waals surface area contributed by atoms with Gasteiger partial charge in [0, 0.05) is 16.7 Å². The van der Waals surface area contributed by atoms with Crippen LogP contribution < -0.4 is 0 Å². The molecule has 1 aromatic heterocycles. The highest BCUT2D eigenvalue weighted by atomic mass is 14.9. The van der Waals surface area contributed by atoms with Crippen molar-refractivity contribution in [1.29, 1.82) is 0 Å². The number of nitrogens with zero attached hydrogens (tertiary/aromatic N) is 2. The summed E-state index contributed by atoms with van der Waals surface area (Å²) in [5.41, 5.74) is 13.2. The summed E-state index contributed by atoms with van der Waals surface area (Å²) in [6.07, 6.45) is 9.64. The maximum Gasteiger partial charge on any atom is 0.160 e. The molecule has 0 spiro atoms. The molecule has 2 heteroatoms. The van der Waals surface area contributed by atoms with Crippen LogP contribution in [0.5, 0.6) is 0 Å². The fourth-order valence-corrected chi connectivity index (χ4v) is 7.11. The van der Waals surface area contributed by atoms with Crippen LogP contribution in [0.4, 0.5) is 0 Å². The first kappa shape index (κ1) is 34.4. The van der Waals surface area contributed by atoms with Crippen LogP contribution in [0.15, 0.2) is 194 Å². The minimum atomic E-state index is 0.694. The first-order valence-electron chi connectivity index (χ1n) is 18.7. The normalized spacial score (nSPS) is 12.2. The highest BCUT2D eigenvalue weighted by Gasteiger charge is 2.14. The molecule has 0 atom stereocenters. The molecule has 260 valence electrons. The van der Waals surface area contributed by atoms with Gasteiger partial charge in [0.25, 0.3) is 0 Å². The van der Waals surface area contributed by atoms with Crippen molar-refractivity contribution in [2.45, 2.75) is 27.2 Å². The topological polar surface area (TPSA) is 25.8 Å². The van der Waals surface area contributed by atoms with E-state index in [1.54, 1.807) is 0 Å². The second-order valence-electron chi connectivity index (χ2n) is 13.7. The monoisotopic (exact) mass is 694 g/mol. The molecule has 0 unspecified atom stereocenters. The number of aromatic nitrogens is 2. The zero-order valence-corrected chi connectivity index (χ0v) is 31.0. The molecule has 0 N–H and O–H groups in total. The zero-order chi connectivity index (χ0) is 36.9. The van der Waals surface area contributed by atoms with E-state index in [2.05, 4.69) is 202 Å². The molecular weight excluding hydrogens is 653 g/mol. The van der Waals surface area contributed by atoms with E-state index >= 15 is 0 Å². The molecule has 7 aromatic carbocycles. The van der Waals surface area contributed by atoms with Gasteiger partial charge >= 0.3 is 0 Å². The fraction of sp³-hybridized carbons (Fsp3) is 0.0769. The summed E-state index contributed by atoms with van der Waals surface area (Å²) in [5.74, 6) is 0.694. The van der Waals surface area contributed by atoms with Crippen molar-refractivity contribution in [2.75, 3.05) is 0 Å². The maximum atomic E-state index is 5.25. The van der Waals surface area contributed by atoms with Gasteiger partial charge in [0.1, 0.15) is 0 Å². The quantitative estimate of drug-likeness (QED) is 0.111. The summed E-state index contributed by atoms with van der Waals surface area (Å²) in [7, 11) is 0. The largest absolute Gasteiger partial charge is 0.228 e. The van der Waals surface area contributed by atoms with Crippen LogP contribution in [0.3, 0.4) is 0 Å². The average Bonchev–Trinajstić information content (AvgIpc) is 3.25. The van der Waals surface area contributed by atoms with Gasteiger partial charge in [-0.1, -0.05) is 176 Å². The smallest absolute Gasteiger partial charge is 0.160 e. The van der Waals surface area contributed by atoms with Gasteiger partial charge in [0.05, 0.1) is 11.4 Å². The van der Waals surface area contributed by atoms with Gasteiger partial charge in [-0.05, 0) is 99.5 Å². The Labute approximate surface area is 318 Å². The van der Waals surface area contributed by atoms with Crippen molar-refractivity contribution in [3.05, 3.63) is 199 Å². The highest BCUT2D eigenvalue weighted by molar-refractivity contribution is 6.13. The molecule has 0 fully saturated rings. The Morgan fingerprint density at radius 3 is 1.87 bits per heavy atom. The van der Waals surface area contributed by atoms with Gasteiger partial charge in [0.2, 0.25) is 0 Å². The Balaban J connectivity index is 1.25. The van der Waals surface area contributed by atoms with E-state index in [0.717, 1.165) is 51.2 Å². The predicted molar refractivity (Wildman–Crippen MR) is 231 cm³/mol. The van der Waals surface area contributed by atoms with E-state index in [1.165, 1.54) is 43.8 Å². The van der Waals surface area contributed by atoms with Crippen molar-refractivity contribution in [3.8, 4) is 56.2 Å². The summed E-state index contributed by atoms with van der Waals surface area (Å²) in [4.78, 5) is 10.5. The molecule has 8 rings (SSSR count). The molecule has 54 heavy (non-hydrogen) atoms. The van der Waals surface area contributed by atoms with Gasteiger partial charge in [-0.3, -0.25) is 0 Å². The first-order valence-corrected chi connectivity index (χ1v) is 18.7. The number of fused-ring (bicyclic) bond motifs is 3. The minimum Gasteiger partial charge on any atom is -0.228 e. The second kappa shape index (κ2) is 15.5. The standard InChI is InChI=1S/C52H42N2/c1-4-6-16-40(31-36(3)5-2)42-21-15-23-45(33-42)51-35-50(44-22-14-20-41(32-44)37-17-8-7-9-18-37)53-52(54-51)39-29-27-38(28-30-39)49-34-43-19-10-11-24-46(43)47-25-12-13-26-48(47)49/h4,6-35H,5H2,1-3H3/b6-4-,36-31+,40-16+. The Kier molecular flexibility index (Phi) is 9.91. The first-order chi connectivity index (χ1) is 26.6. The van der Waals surface area contributed by atoms with Crippen molar-refractivity contribution < 1.29 is 0 Å². The third kappa shape index (κ3) is 7.20. The SMILES string of the molecule is C\C=C/C=C(\C=C(/C)CC)c1cccc(-c2cc(-c3cccc(-c4ccccc4)c3)nc(-c3ccc(-c4cc5ccccc5c5ccccc45)cc3)n2)c1. The van der Waals surface area contributed by atoms with Gasteiger partial charge < -0.3 is 0 Å². The molecule has 8 aromatic rings. The van der Waals surface area contributed by atoms with E-state index in [4.69, 9.17) is 9.97 Å². The van der Waals surface area contributed by atoms with Crippen LogP contribution in [0, 0.1) is 0 Å². The molecule has 0 amide bonds. The lowest BCUT2D eigenvalue weighted by atomic mass is 9.93. The molecule has 0 radical (unpaired) electrons. The molecule has 0 bridgehead atoms. The number of benzene rings is 7. The van der Waals surface area contributed by atoms with Crippen molar-refractivity contribution in [2.24, 2.45) is 0 Å². The number of allylic oxidation sites excluding steroid dienone is 6. The number of hydrogen-bond donors (Lipinski definition) is 0. The Morgan fingerprint density at radius 2 is 1.13 bits per heavy atom. The number of rotatable bonds is 9. The highest BCUT2D eigenvalue weighted by Crippen LogP contribution is 2.37. The third-order valence-electron chi connectivity index (χ3n) is 10.1. The summed E-state index contributed by atoms with van der Waals surface area (Å²) < 4.78 is 0. The summed E-state index contributed by atoms with van der Waals surface area (Å²) in [5, 5.41) is 5.02. The van der Waals surface area contributed by atoms with E-state index < -0.39 is 0 Å². The van der Waals surface area contributed by atoms with Gasteiger partial charge in [-0.25, -0.2) is 9.97 Å².